The number of hydrogen-bond donors (Lipinski definition) is 2. The summed E-state index contributed by atoms with van der Waals surface area (Å²) in [7, 11) is 0. The van der Waals surface area contributed by atoms with E-state index in [2.05, 4.69) is 57.9 Å². The molecule has 2 aliphatic heterocycles. The van der Waals surface area contributed by atoms with Crippen LogP contribution in [0.5, 0.6) is 0 Å². The minimum absolute atomic E-state index is 0.0524. The van der Waals surface area contributed by atoms with Gasteiger partial charge in [-0.1, -0.05) is 42.3 Å². The van der Waals surface area contributed by atoms with Crippen molar-refractivity contribution in [3.05, 3.63) is 70.9 Å². The monoisotopic (exact) mass is 413 g/mol. The van der Waals surface area contributed by atoms with Gasteiger partial charge < -0.3 is 14.9 Å². The Bertz CT molecular complexity index is 841. The Morgan fingerprint density at radius 2 is 1.93 bits per heavy atom. The number of rotatable bonds is 6. The molecule has 148 valence electrons. The Balaban J connectivity index is 1.30. The van der Waals surface area contributed by atoms with Gasteiger partial charge in [-0.25, -0.2) is 0 Å². The van der Waals surface area contributed by atoms with E-state index < -0.39 is 0 Å². The van der Waals surface area contributed by atoms with Crippen molar-refractivity contribution in [2.24, 2.45) is 0 Å². The molecule has 4 rings (SSSR count). The number of allylic oxidation sites excluding steroid dienone is 1. The van der Waals surface area contributed by atoms with E-state index in [-0.39, 0.29) is 5.41 Å². The Kier molecular flexibility index (Phi) is 5.91. The first-order valence-corrected chi connectivity index (χ1v) is 11.6. The molecule has 5 heteroatoms. The SMILES string of the molecule is C=C1Nc2ccc(Cl)cc2C12CCN(CCCc1ccc(NSC)cc1)CC2. The van der Waals surface area contributed by atoms with Crippen LogP contribution in [-0.2, 0) is 11.8 Å². The average Bonchev–Trinajstić information content (AvgIpc) is 2.96. The van der Waals surface area contributed by atoms with Gasteiger partial charge in [0.15, 0.2) is 0 Å². The van der Waals surface area contributed by atoms with Crippen molar-refractivity contribution in [2.45, 2.75) is 31.1 Å². The summed E-state index contributed by atoms with van der Waals surface area (Å²) in [4.78, 5) is 2.60. The topological polar surface area (TPSA) is 27.3 Å². The summed E-state index contributed by atoms with van der Waals surface area (Å²) in [5.74, 6) is 0. The number of nitrogens with zero attached hydrogens (tertiary/aromatic N) is 1. The lowest BCUT2D eigenvalue weighted by Crippen LogP contribution is -2.43. The Morgan fingerprint density at radius 3 is 2.64 bits per heavy atom. The van der Waals surface area contributed by atoms with Crippen molar-refractivity contribution in [3.8, 4) is 0 Å². The van der Waals surface area contributed by atoms with Crippen LogP contribution in [-0.4, -0.2) is 30.8 Å². The zero-order valence-corrected chi connectivity index (χ0v) is 18.0. The zero-order chi connectivity index (χ0) is 19.6. The van der Waals surface area contributed by atoms with Crippen LogP contribution in [0.4, 0.5) is 11.4 Å². The molecule has 0 atom stereocenters. The van der Waals surface area contributed by atoms with Gasteiger partial charge in [-0.3, -0.25) is 0 Å². The third kappa shape index (κ3) is 3.91. The number of anilines is 2. The molecule has 28 heavy (non-hydrogen) atoms. The summed E-state index contributed by atoms with van der Waals surface area (Å²) in [6, 6.07) is 15.0. The Labute approximate surface area is 177 Å². The van der Waals surface area contributed by atoms with Crippen molar-refractivity contribution in [1.29, 1.82) is 0 Å². The van der Waals surface area contributed by atoms with Crippen LogP contribution in [0.15, 0.2) is 54.7 Å². The predicted molar refractivity (Wildman–Crippen MR) is 123 cm³/mol. The fraction of sp³-hybridized carbons (Fsp3) is 0.391. The second kappa shape index (κ2) is 8.40. The van der Waals surface area contributed by atoms with E-state index in [0.29, 0.717) is 0 Å². The molecule has 0 unspecified atom stereocenters. The van der Waals surface area contributed by atoms with Gasteiger partial charge in [0, 0.05) is 33.8 Å². The molecular formula is C23H28ClN3S. The number of fused-ring (bicyclic) bond motifs is 2. The van der Waals surface area contributed by atoms with Crippen LogP contribution in [0.3, 0.4) is 0 Å². The van der Waals surface area contributed by atoms with E-state index in [0.717, 1.165) is 49.6 Å². The summed E-state index contributed by atoms with van der Waals surface area (Å²) in [5, 5.41) is 4.32. The largest absolute Gasteiger partial charge is 0.358 e. The molecule has 3 nitrogen and oxygen atoms in total. The lowest BCUT2D eigenvalue weighted by Gasteiger charge is -2.40. The molecule has 0 amide bonds. The van der Waals surface area contributed by atoms with E-state index in [4.69, 9.17) is 11.6 Å². The summed E-state index contributed by atoms with van der Waals surface area (Å²) in [5.41, 5.74) is 6.30. The van der Waals surface area contributed by atoms with E-state index in [9.17, 15) is 0 Å². The second-order valence-electron chi connectivity index (χ2n) is 7.82. The fourth-order valence-electron chi connectivity index (χ4n) is 4.56. The highest BCUT2D eigenvalue weighted by Gasteiger charge is 2.44. The first kappa shape index (κ1) is 19.7. The molecule has 0 aliphatic carbocycles. The number of benzene rings is 2. The van der Waals surface area contributed by atoms with E-state index in [1.807, 2.05) is 12.3 Å². The maximum absolute atomic E-state index is 6.28. The molecule has 1 fully saturated rings. The second-order valence-corrected chi connectivity index (χ2v) is 8.87. The van der Waals surface area contributed by atoms with Gasteiger partial charge >= 0.3 is 0 Å². The lowest BCUT2D eigenvalue weighted by molar-refractivity contribution is 0.179. The van der Waals surface area contributed by atoms with Crippen molar-refractivity contribution in [2.75, 3.05) is 35.9 Å². The lowest BCUT2D eigenvalue weighted by atomic mass is 9.72. The van der Waals surface area contributed by atoms with E-state index >= 15 is 0 Å². The summed E-state index contributed by atoms with van der Waals surface area (Å²) < 4.78 is 3.27. The number of aryl methyl sites for hydroxylation is 1. The molecule has 0 bridgehead atoms. The third-order valence-electron chi connectivity index (χ3n) is 6.18. The number of piperidine rings is 1. The Hall–Kier alpha value is -1.62. The van der Waals surface area contributed by atoms with Gasteiger partial charge in [-0.2, -0.15) is 0 Å². The first-order valence-electron chi connectivity index (χ1n) is 9.97. The summed E-state index contributed by atoms with van der Waals surface area (Å²) in [6.45, 7) is 7.73. The summed E-state index contributed by atoms with van der Waals surface area (Å²) >= 11 is 7.91. The molecule has 2 aliphatic rings. The highest BCUT2D eigenvalue weighted by molar-refractivity contribution is 7.99. The number of hydrogen-bond acceptors (Lipinski definition) is 4. The van der Waals surface area contributed by atoms with Crippen LogP contribution in [0.1, 0.15) is 30.4 Å². The molecule has 0 radical (unpaired) electrons. The van der Waals surface area contributed by atoms with Crippen molar-refractivity contribution >= 4 is 34.9 Å². The van der Waals surface area contributed by atoms with Crippen LogP contribution < -0.4 is 10.0 Å². The predicted octanol–water partition coefficient (Wildman–Crippen LogP) is 5.94. The molecule has 2 aromatic carbocycles. The molecular weight excluding hydrogens is 386 g/mol. The van der Waals surface area contributed by atoms with Crippen molar-refractivity contribution in [1.82, 2.24) is 4.90 Å². The first-order chi connectivity index (χ1) is 13.6. The fourth-order valence-corrected chi connectivity index (χ4v) is 5.10. The standard InChI is InChI=1S/C23H28ClN3S/c1-17-23(21-16-19(24)7-10-22(21)25-17)11-14-27(15-12-23)13-3-4-18-5-8-20(9-6-18)26-28-2/h5-10,16,25-26H,1,3-4,11-15H2,2H3. The number of halogens is 1. The minimum atomic E-state index is 0.0524. The van der Waals surface area contributed by atoms with Crippen LogP contribution in [0.25, 0.3) is 0 Å². The van der Waals surface area contributed by atoms with Gasteiger partial charge in [0.1, 0.15) is 0 Å². The van der Waals surface area contributed by atoms with Gasteiger partial charge in [-0.15, -0.1) is 0 Å². The minimum Gasteiger partial charge on any atom is -0.358 e. The molecule has 1 saturated heterocycles. The van der Waals surface area contributed by atoms with Gasteiger partial charge in [0.05, 0.1) is 0 Å². The molecule has 0 aromatic heterocycles. The summed E-state index contributed by atoms with van der Waals surface area (Å²) in [6.07, 6.45) is 6.60. The van der Waals surface area contributed by atoms with Gasteiger partial charge in [0.25, 0.3) is 0 Å². The quantitative estimate of drug-likeness (QED) is 0.573. The highest BCUT2D eigenvalue weighted by atomic mass is 35.5. The number of nitrogens with one attached hydrogen (secondary N) is 2. The highest BCUT2D eigenvalue weighted by Crippen LogP contribution is 2.50. The molecule has 2 aromatic rings. The molecule has 0 saturated carbocycles. The maximum Gasteiger partial charge on any atom is 0.0440 e. The average molecular weight is 414 g/mol. The van der Waals surface area contributed by atoms with Crippen molar-refractivity contribution in [3.63, 3.8) is 0 Å². The smallest absolute Gasteiger partial charge is 0.0440 e. The third-order valence-corrected chi connectivity index (χ3v) is 6.86. The number of likely N-dealkylation sites (tertiary alicyclic amines) is 1. The van der Waals surface area contributed by atoms with Crippen LogP contribution in [0, 0.1) is 0 Å². The molecule has 2 N–H and O–H groups in total. The van der Waals surface area contributed by atoms with Gasteiger partial charge in [0.2, 0.25) is 0 Å². The van der Waals surface area contributed by atoms with E-state index in [1.54, 1.807) is 11.9 Å². The van der Waals surface area contributed by atoms with Crippen molar-refractivity contribution < 1.29 is 0 Å². The van der Waals surface area contributed by atoms with Gasteiger partial charge in [-0.05, 0) is 86.8 Å². The van der Waals surface area contributed by atoms with E-state index in [1.165, 1.54) is 28.9 Å². The molecule has 2 heterocycles. The van der Waals surface area contributed by atoms with Crippen LogP contribution >= 0.6 is 23.5 Å². The zero-order valence-electron chi connectivity index (χ0n) is 16.4. The molecule has 1 spiro atoms. The van der Waals surface area contributed by atoms with Crippen LogP contribution in [0.2, 0.25) is 5.02 Å². The normalized spacial score (nSPS) is 18.1. The maximum atomic E-state index is 6.28. The Morgan fingerprint density at radius 1 is 1.18 bits per heavy atom.